The van der Waals surface area contributed by atoms with Crippen LogP contribution in [-0.2, 0) is 28.5 Å². The Kier molecular flexibility index (Phi) is 13.0. The van der Waals surface area contributed by atoms with E-state index in [0.29, 0.717) is 79.0 Å². The Morgan fingerprint density at radius 2 is 0.857 bits per heavy atom. The lowest BCUT2D eigenvalue weighted by Gasteiger charge is -2.25. The van der Waals surface area contributed by atoms with Crippen molar-refractivity contribution in [3.05, 3.63) is 0 Å². The number of hydrogen-bond acceptors (Lipinski definition) is 8. The minimum Gasteiger partial charge on any atom is -0.377 e. The van der Waals surface area contributed by atoms with E-state index in [4.69, 9.17) is 30.4 Å². The SMILES string of the molecule is C[C@H](N)C(=O)N1CCOCCOCCN(C(=O)[C@H](C)N)CCOCCOCC1. The zero-order valence-electron chi connectivity index (χ0n) is 17.1. The summed E-state index contributed by atoms with van der Waals surface area (Å²) in [4.78, 5) is 27.6. The first-order valence-electron chi connectivity index (χ1n) is 9.83. The van der Waals surface area contributed by atoms with E-state index in [1.807, 2.05) is 0 Å². The molecule has 0 saturated carbocycles. The highest BCUT2D eigenvalue weighted by Crippen LogP contribution is 1.98. The van der Waals surface area contributed by atoms with Crippen molar-refractivity contribution in [3.63, 3.8) is 0 Å². The van der Waals surface area contributed by atoms with Crippen LogP contribution >= 0.6 is 0 Å². The zero-order valence-corrected chi connectivity index (χ0v) is 17.1. The number of rotatable bonds is 2. The number of ether oxygens (including phenoxy) is 4. The van der Waals surface area contributed by atoms with Gasteiger partial charge in [0, 0.05) is 26.2 Å². The van der Waals surface area contributed by atoms with E-state index < -0.39 is 12.1 Å². The summed E-state index contributed by atoms with van der Waals surface area (Å²) in [5, 5.41) is 0. The predicted molar refractivity (Wildman–Crippen MR) is 104 cm³/mol. The molecule has 10 heteroatoms. The van der Waals surface area contributed by atoms with Crippen LogP contribution in [-0.4, -0.2) is 113 Å². The maximum Gasteiger partial charge on any atom is 0.239 e. The van der Waals surface area contributed by atoms with Crippen molar-refractivity contribution in [3.8, 4) is 0 Å². The highest BCUT2D eigenvalue weighted by atomic mass is 16.5. The van der Waals surface area contributed by atoms with Gasteiger partial charge in [0.25, 0.3) is 0 Å². The van der Waals surface area contributed by atoms with Gasteiger partial charge in [-0.25, -0.2) is 0 Å². The highest BCUT2D eigenvalue weighted by molar-refractivity contribution is 5.81. The van der Waals surface area contributed by atoms with Gasteiger partial charge in [-0.15, -0.1) is 0 Å². The maximum absolute atomic E-state index is 12.2. The third kappa shape index (κ3) is 10.3. The highest BCUT2D eigenvalue weighted by Gasteiger charge is 2.18. The number of nitrogens with zero attached hydrogens (tertiary/aromatic N) is 2. The lowest BCUT2D eigenvalue weighted by Crippen LogP contribution is -2.45. The van der Waals surface area contributed by atoms with Gasteiger partial charge in [-0.3, -0.25) is 9.59 Å². The first kappa shape index (κ1) is 24.7. The van der Waals surface area contributed by atoms with Crippen LogP contribution in [0.4, 0.5) is 0 Å². The average molecular weight is 405 g/mol. The number of carbonyl (C=O) groups is 2. The van der Waals surface area contributed by atoms with Crippen molar-refractivity contribution >= 4 is 11.8 Å². The second-order valence-electron chi connectivity index (χ2n) is 6.68. The molecule has 1 fully saturated rings. The van der Waals surface area contributed by atoms with Crippen LogP contribution in [0, 0.1) is 0 Å². The fourth-order valence-electron chi connectivity index (χ4n) is 2.58. The molecule has 2 atom stereocenters. The summed E-state index contributed by atoms with van der Waals surface area (Å²) >= 11 is 0. The molecule has 2 amide bonds. The average Bonchev–Trinajstić information content (AvgIpc) is 2.66. The number of amides is 2. The van der Waals surface area contributed by atoms with Crippen LogP contribution < -0.4 is 11.5 Å². The molecule has 28 heavy (non-hydrogen) atoms. The topological polar surface area (TPSA) is 130 Å². The van der Waals surface area contributed by atoms with Gasteiger partial charge in [-0.05, 0) is 13.8 Å². The maximum atomic E-state index is 12.2. The second kappa shape index (κ2) is 14.7. The standard InChI is InChI=1S/C18H36N4O6/c1-15(19)17(23)21-3-7-25-11-13-27-9-5-22(18(24)16(2)20)6-10-28-14-12-26-8-4-21/h15-16H,3-14,19-20H2,1-2H3/t15-,16-/m0/s1. The number of hydrogen-bond donors (Lipinski definition) is 2. The van der Waals surface area contributed by atoms with Crippen LogP contribution in [0.3, 0.4) is 0 Å². The van der Waals surface area contributed by atoms with Gasteiger partial charge in [-0.2, -0.15) is 0 Å². The van der Waals surface area contributed by atoms with Crippen LogP contribution in [0.25, 0.3) is 0 Å². The fourth-order valence-corrected chi connectivity index (χ4v) is 2.58. The third-order valence-corrected chi connectivity index (χ3v) is 4.17. The lowest BCUT2D eigenvalue weighted by atomic mass is 10.3. The van der Waals surface area contributed by atoms with Gasteiger partial charge in [-0.1, -0.05) is 0 Å². The van der Waals surface area contributed by atoms with E-state index in [9.17, 15) is 9.59 Å². The minimum atomic E-state index is -0.563. The molecule has 1 heterocycles. The summed E-state index contributed by atoms with van der Waals surface area (Å²) < 4.78 is 22.1. The molecule has 1 aliphatic rings. The van der Waals surface area contributed by atoms with Crippen LogP contribution in [0.15, 0.2) is 0 Å². The Bertz CT molecular complexity index is 390. The van der Waals surface area contributed by atoms with E-state index in [1.54, 1.807) is 23.6 Å². The van der Waals surface area contributed by atoms with Crippen LogP contribution in [0.2, 0.25) is 0 Å². The summed E-state index contributed by atoms with van der Waals surface area (Å²) in [5.41, 5.74) is 11.4. The summed E-state index contributed by atoms with van der Waals surface area (Å²) in [6.45, 7) is 8.26. The van der Waals surface area contributed by atoms with Crippen molar-refractivity contribution in [2.45, 2.75) is 25.9 Å². The zero-order chi connectivity index (χ0) is 20.8. The smallest absolute Gasteiger partial charge is 0.239 e. The summed E-state index contributed by atoms with van der Waals surface area (Å²) in [5.74, 6) is -0.263. The molecule has 1 rings (SSSR count). The first-order chi connectivity index (χ1) is 13.4. The molecule has 0 radical (unpaired) electrons. The molecule has 0 bridgehead atoms. The first-order valence-corrected chi connectivity index (χ1v) is 9.83. The van der Waals surface area contributed by atoms with Gasteiger partial charge in [0.05, 0.1) is 64.9 Å². The summed E-state index contributed by atoms with van der Waals surface area (Å²) in [7, 11) is 0. The molecule has 164 valence electrons. The minimum absolute atomic E-state index is 0.131. The fraction of sp³-hybridized carbons (Fsp3) is 0.889. The number of carbonyl (C=O) groups excluding carboxylic acids is 2. The molecule has 0 spiro atoms. The van der Waals surface area contributed by atoms with E-state index in [0.717, 1.165) is 0 Å². The molecule has 1 aliphatic heterocycles. The largest absolute Gasteiger partial charge is 0.377 e. The monoisotopic (exact) mass is 404 g/mol. The van der Waals surface area contributed by atoms with Crippen LogP contribution in [0.1, 0.15) is 13.8 Å². The molecule has 10 nitrogen and oxygen atoms in total. The lowest BCUT2D eigenvalue weighted by molar-refractivity contribution is -0.135. The van der Waals surface area contributed by atoms with Gasteiger partial charge < -0.3 is 40.2 Å². The Balaban J connectivity index is 2.50. The van der Waals surface area contributed by atoms with Crippen molar-refractivity contribution < 1.29 is 28.5 Å². The van der Waals surface area contributed by atoms with Crippen molar-refractivity contribution in [1.29, 1.82) is 0 Å². The van der Waals surface area contributed by atoms with E-state index in [-0.39, 0.29) is 11.8 Å². The molecule has 0 aromatic rings. The van der Waals surface area contributed by atoms with Gasteiger partial charge in [0.15, 0.2) is 0 Å². The predicted octanol–water partition coefficient (Wildman–Crippen LogP) is -1.58. The van der Waals surface area contributed by atoms with Crippen LogP contribution in [0.5, 0.6) is 0 Å². The Hall–Kier alpha value is -1.30. The molecule has 1 saturated heterocycles. The van der Waals surface area contributed by atoms with Gasteiger partial charge in [0.2, 0.25) is 11.8 Å². The normalized spacial score (nSPS) is 22.0. The Labute approximate surface area is 167 Å². The van der Waals surface area contributed by atoms with Gasteiger partial charge in [0.1, 0.15) is 0 Å². The quantitative estimate of drug-likeness (QED) is 0.564. The Morgan fingerprint density at radius 1 is 0.607 bits per heavy atom. The molecule has 0 unspecified atom stereocenters. The molecular weight excluding hydrogens is 368 g/mol. The van der Waals surface area contributed by atoms with E-state index in [2.05, 4.69) is 0 Å². The van der Waals surface area contributed by atoms with Crippen molar-refractivity contribution in [2.75, 3.05) is 79.0 Å². The van der Waals surface area contributed by atoms with E-state index in [1.165, 1.54) is 0 Å². The van der Waals surface area contributed by atoms with Crippen molar-refractivity contribution in [2.24, 2.45) is 11.5 Å². The summed E-state index contributed by atoms with van der Waals surface area (Å²) in [6.07, 6.45) is 0. The third-order valence-electron chi connectivity index (χ3n) is 4.17. The molecule has 0 aliphatic carbocycles. The van der Waals surface area contributed by atoms with Crippen molar-refractivity contribution in [1.82, 2.24) is 9.80 Å². The molecule has 0 aromatic carbocycles. The van der Waals surface area contributed by atoms with Gasteiger partial charge >= 0.3 is 0 Å². The second-order valence-corrected chi connectivity index (χ2v) is 6.68. The van der Waals surface area contributed by atoms with E-state index >= 15 is 0 Å². The molecule has 4 N–H and O–H groups in total. The molecule has 0 aromatic heterocycles. The Morgan fingerprint density at radius 3 is 1.07 bits per heavy atom. The molecular formula is C18H36N4O6. The number of nitrogens with two attached hydrogens (primary N) is 2. The summed E-state index contributed by atoms with van der Waals surface area (Å²) in [6, 6.07) is -1.13.